The maximum absolute atomic E-state index is 13.1. The molecule has 2 aromatic carbocycles. The van der Waals surface area contributed by atoms with E-state index in [-0.39, 0.29) is 5.56 Å². The van der Waals surface area contributed by atoms with E-state index in [2.05, 4.69) is 27.5 Å². The fraction of sp³-hybridized carbons (Fsp3) is 0.250. The van der Waals surface area contributed by atoms with E-state index in [0.29, 0.717) is 17.7 Å². The van der Waals surface area contributed by atoms with Crippen molar-refractivity contribution >= 4 is 27.3 Å². The second kappa shape index (κ2) is 7.56. The van der Waals surface area contributed by atoms with Gasteiger partial charge in [0.05, 0.1) is 17.0 Å². The molecule has 132 valence electrons. The van der Waals surface area contributed by atoms with E-state index < -0.39 is 11.7 Å². The van der Waals surface area contributed by atoms with Crippen molar-refractivity contribution in [1.29, 1.82) is 0 Å². The van der Waals surface area contributed by atoms with E-state index >= 15 is 0 Å². The van der Waals surface area contributed by atoms with Crippen LogP contribution in [0.1, 0.15) is 35.6 Å². The number of aliphatic imine (C=N–C) groups is 1. The molecule has 0 atom stereocenters. The van der Waals surface area contributed by atoms with Crippen LogP contribution in [0.5, 0.6) is 0 Å². The molecule has 0 bridgehead atoms. The Balaban J connectivity index is 2.57. The minimum Gasteiger partial charge on any atom is -0.252 e. The Morgan fingerprint density at radius 2 is 1.80 bits per heavy atom. The van der Waals surface area contributed by atoms with E-state index in [0.717, 1.165) is 27.4 Å². The molecule has 0 radical (unpaired) electrons. The van der Waals surface area contributed by atoms with Crippen LogP contribution in [0.15, 0.2) is 58.0 Å². The highest BCUT2D eigenvalue weighted by Gasteiger charge is 2.32. The van der Waals surface area contributed by atoms with Gasteiger partial charge >= 0.3 is 6.18 Å². The van der Waals surface area contributed by atoms with E-state index in [1.807, 2.05) is 31.2 Å². The predicted molar refractivity (Wildman–Crippen MR) is 101 cm³/mol. The van der Waals surface area contributed by atoms with Gasteiger partial charge < -0.3 is 0 Å². The number of benzene rings is 2. The Labute approximate surface area is 154 Å². The normalized spacial score (nSPS) is 12.4. The molecule has 0 spiro atoms. The van der Waals surface area contributed by atoms with Gasteiger partial charge in [-0.3, -0.25) is 4.99 Å². The first-order chi connectivity index (χ1) is 11.6. The van der Waals surface area contributed by atoms with Crippen molar-refractivity contribution in [3.63, 3.8) is 0 Å². The van der Waals surface area contributed by atoms with Gasteiger partial charge in [0.1, 0.15) is 0 Å². The molecule has 0 aromatic heterocycles. The van der Waals surface area contributed by atoms with Gasteiger partial charge in [-0.05, 0) is 61.7 Å². The highest BCUT2D eigenvalue weighted by Crippen LogP contribution is 2.35. The minimum absolute atomic E-state index is 0.167. The first-order valence-corrected chi connectivity index (χ1v) is 8.53. The van der Waals surface area contributed by atoms with Crippen LogP contribution in [-0.2, 0) is 6.18 Å². The quantitative estimate of drug-likeness (QED) is 0.374. The lowest BCUT2D eigenvalue weighted by molar-refractivity contribution is -0.138. The number of aryl methyl sites for hydroxylation is 2. The molecule has 0 heterocycles. The number of allylic oxidation sites excluding steroid dienone is 1. The van der Waals surface area contributed by atoms with Gasteiger partial charge in [0, 0.05) is 10.9 Å². The second-order valence-electron chi connectivity index (χ2n) is 6.15. The topological polar surface area (TPSA) is 12.4 Å². The van der Waals surface area contributed by atoms with Crippen molar-refractivity contribution in [3.8, 4) is 0 Å². The summed E-state index contributed by atoms with van der Waals surface area (Å²) in [5.74, 6) is 0. The fourth-order valence-electron chi connectivity index (χ4n) is 2.53. The highest BCUT2D eigenvalue weighted by molar-refractivity contribution is 9.10. The van der Waals surface area contributed by atoms with Crippen molar-refractivity contribution in [2.75, 3.05) is 0 Å². The van der Waals surface area contributed by atoms with E-state index in [4.69, 9.17) is 0 Å². The van der Waals surface area contributed by atoms with Crippen LogP contribution >= 0.6 is 15.9 Å². The molecule has 0 N–H and O–H groups in total. The summed E-state index contributed by atoms with van der Waals surface area (Å²) in [5.41, 5.74) is 3.20. The van der Waals surface area contributed by atoms with Crippen LogP contribution in [0.3, 0.4) is 0 Å². The molecule has 1 nitrogen and oxygen atoms in total. The van der Waals surface area contributed by atoms with Crippen LogP contribution in [0.4, 0.5) is 18.9 Å². The largest absolute Gasteiger partial charge is 0.416 e. The number of hydrogen-bond donors (Lipinski definition) is 0. The zero-order valence-electron chi connectivity index (χ0n) is 14.3. The molecule has 0 aliphatic heterocycles. The Morgan fingerprint density at radius 3 is 2.36 bits per heavy atom. The number of alkyl halides is 3. The van der Waals surface area contributed by atoms with Crippen LogP contribution in [0.2, 0.25) is 0 Å². The Morgan fingerprint density at radius 1 is 1.12 bits per heavy atom. The SMILES string of the molecule is C=C(C)C/C(=N\c1cc(C)c(C(F)(F)F)cc1C)c1cccc(Br)c1. The third kappa shape index (κ3) is 5.05. The van der Waals surface area contributed by atoms with Gasteiger partial charge in [-0.25, -0.2) is 0 Å². The van der Waals surface area contributed by atoms with Crippen LogP contribution < -0.4 is 0 Å². The lowest BCUT2D eigenvalue weighted by Gasteiger charge is -2.14. The second-order valence-corrected chi connectivity index (χ2v) is 7.07. The molecule has 5 heteroatoms. The summed E-state index contributed by atoms with van der Waals surface area (Å²) in [4.78, 5) is 4.66. The van der Waals surface area contributed by atoms with Gasteiger partial charge in [0.25, 0.3) is 0 Å². The summed E-state index contributed by atoms with van der Waals surface area (Å²) in [7, 11) is 0. The third-order valence-electron chi connectivity index (χ3n) is 3.73. The number of halogens is 4. The average molecular weight is 410 g/mol. The van der Waals surface area contributed by atoms with E-state index in [9.17, 15) is 13.2 Å². The van der Waals surface area contributed by atoms with E-state index in [1.165, 1.54) is 13.0 Å². The standard InChI is InChI=1S/C20H19BrF3N/c1-12(2)8-19(15-6-5-7-16(21)11-15)25-18-10-13(3)17(9-14(18)4)20(22,23)24/h5-7,9-11H,1,8H2,2-4H3/b25-19+. The molecular formula is C20H19BrF3N. The molecule has 25 heavy (non-hydrogen) atoms. The molecule has 0 fully saturated rings. The average Bonchev–Trinajstić information content (AvgIpc) is 2.48. The molecule has 0 saturated heterocycles. The Kier molecular flexibility index (Phi) is 5.88. The van der Waals surface area contributed by atoms with E-state index in [1.54, 1.807) is 6.92 Å². The van der Waals surface area contributed by atoms with Crippen molar-refractivity contribution in [3.05, 3.63) is 75.3 Å². The van der Waals surface area contributed by atoms with Gasteiger partial charge in [-0.1, -0.05) is 40.2 Å². The molecule has 0 aliphatic carbocycles. The van der Waals surface area contributed by atoms with Crippen LogP contribution in [-0.4, -0.2) is 5.71 Å². The van der Waals surface area contributed by atoms with Gasteiger partial charge in [-0.2, -0.15) is 13.2 Å². The predicted octanol–water partition coefficient (Wildman–Crippen LogP) is 7.17. The molecule has 0 unspecified atom stereocenters. The van der Waals surface area contributed by atoms with Gasteiger partial charge in [-0.15, -0.1) is 0 Å². The molecular weight excluding hydrogens is 391 g/mol. The monoisotopic (exact) mass is 409 g/mol. The summed E-state index contributed by atoms with van der Waals surface area (Å²) in [6, 6.07) is 10.3. The first-order valence-electron chi connectivity index (χ1n) is 7.74. The molecule has 0 saturated carbocycles. The lowest BCUT2D eigenvalue weighted by atomic mass is 10.0. The van der Waals surface area contributed by atoms with Crippen LogP contribution in [0, 0.1) is 13.8 Å². The smallest absolute Gasteiger partial charge is 0.252 e. The van der Waals surface area contributed by atoms with Crippen molar-refractivity contribution < 1.29 is 13.2 Å². The highest BCUT2D eigenvalue weighted by atomic mass is 79.9. The Bertz CT molecular complexity index is 835. The van der Waals surface area contributed by atoms with Crippen molar-refractivity contribution in [2.45, 2.75) is 33.4 Å². The first kappa shape index (κ1) is 19.4. The summed E-state index contributed by atoms with van der Waals surface area (Å²) in [6.45, 7) is 8.93. The number of nitrogens with zero attached hydrogens (tertiary/aromatic N) is 1. The van der Waals surface area contributed by atoms with Crippen LogP contribution in [0.25, 0.3) is 0 Å². The molecule has 0 aliphatic rings. The van der Waals surface area contributed by atoms with Gasteiger partial charge in [0.15, 0.2) is 0 Å². The molecule has 2 aromatic rings. The molecule has 2 rings (SSSR count). The van der Waals surface area contributed by atoms with Gasteiger partial charge in [0.2, 0.25) is 0 Å². The fourth-order valence-corrected chi connectivity index (χ4v) is 2.93. The van der Waals surface area contributed by atoms with Crippen molar-refractivity contribution in [1.82, 2.24) is 0 Å². The minimum atomic E-state index is -4.36. The van der Waals surface area contributed by atoms with Crippen molar-refractivity contribution in [2.24, 2.45) is 4.99 Å². The maximum Gasteiger partial charge on any atom is 0.416 e. The summed E-state index contributed by atoms with van der Waals surface area (Å²) in [5, 5.41) is 0. The summed E-state index contributed by atoms with van der Waals surface area (Å²) < 4.78 is 40.1. The maximum atomic E-state index is 13.1. The molecule has 0 amide bonds. The third-order valence-corrected chi connectivity index (χ3v) is 4.22. The summed E-state index contributed by atoms with van der Waals surface area (Å²) >= 11 is 3.44. The lowest BCUT2D eigenvalue weighted by Crippen LogP contribution is -2.08. The number of hydrogen-bond acceptors (Lipinski definition) is 1. The number of rotatable bonds is 4. The zero-order chi connectivity index (χ0) is 18.8. The Hall–Kier alpha value is -1.88. The zero-order valence-corrected chi connectivity index (χ0v) is 15.9. The summed E-state index contributed by atoms with van der Waals surface area (Å²) in [6.07, 6.45) is -3.81.